The zero-order valence-corrected chi connectivity index (χ0v) is 8.35. The molecular formula is C8H10N2O2S. The Morgan fingerprint density at radius 2 is 2.31 bits per heavy atom. The summed E-state index contributed by atoms with van der Waals surface area (Å²) in [7, 11) is 1.62. The molecule has 0 amide bonds. The molecular weight excluding hydrogens is 188 g/mol. The monoisotopic (exact) mass is 198 g/mol. The first-order valence-corrected chi connectivity index (χ1v) is 5.19. The number of rotatable bonds is 2. The molecule has 0 atom stereocenters. The van der Waals surface area contributed by atoms with Crippen LogP contribution < -0.4 is 9.47 Å². The maximum absolute atomic E-state index is 5.34. The van der Waals surface area contributed by atoms with E-state index in [2.05, 4.69) is 9.97 Å². The van der Waals surface area contributed by atoms with Gasteiger partial charge in [0.15, 0.2) is 5.16 Å². The van der Waals surface area contributed by atoms with Crippen LogP contribution in [0, 0.1) is 0 Å². The Hall–Kier alpha value is -0.970. The van der Waals surface area contributed by atoms with Crippen molar-refractivity contribution in [1.29, 1.82) is 0 Å². The minimum Gasteiger partial charge on any atom is -0.481 e. The van der Waals surface area contributed by atoms with Crippen molar-refractivity contribution in [2.24, 2.45) is 0 Å². The number of aromatic nitrogens is 2. The second kappa shape index (κ2) is 3.41. The fraction of sp³-hybridized carbons (Fsp3) is 0.500. The van der Waals surface area contributed by atoms with Gasteiger partial charge in [0.2, 0.25) is 11.8 Å². The summed E-state index contributed by atoms with van der Waals surface area (Å²) in [5.41, 5.74) is 0.986. The molecule has 13 heavy (non-hydrogen) atoms. The summed E-state index contributed by atoms with van der Waals surface area (Å²) in [5.74, 6) is 1.32. The van der Waals surface area contributed by atoms with Crippen LogP contribution in [0.5, 0.6) is 11.8 Å². The molecule has 0 spiro atoms. The Morgan fingerprint density at radius 1 is 1.46 bits per heavy atom. The maximum Gasteiger partial charge on any atom is 0.224 e. The summed E-state index contributed by atoms with van der Waals surface area (Å²) in [4.78, 5) is 8.46. The lowest BCUT2D eigenvalue weighted by Gasteiger charge is -2.05. The van der Waals surface area contributed by atoms with Crippen molar-refractivity contribution in [3.63, 3.8) is 0 Å². The molecule has 1 aliphatic heterocycles. The molecule has 1 aromatic heterocycles. The molecule has 2 rings (SSSR count). The maximum atomic E-state index is 5.34. The van der Waals surface area contributed by atoms with Gasteiger partial charge in [-0.25, -0.2) is 0 Å². The van der Waals surface area contributed by atoms with E-state index in [-0.39, 0.29) is 0 Å². The van der Waals surface area contributed by atoms with E-state index >= 15 is 0 Å². The van der Waals surface area contributed by atoms with E-state index in [0.29, 0.717) is 23.5 Å². The summed E-state index contributed by atoms with van der Waals surface area (Å²) < 4.78 is 10.5. The van der Waals surface area contributed by atoms with Crippen molar-refractivity contribution in [3.8, 4) is 11.8 Å². The second-order valence-electron chi connectivity index (χ2n) is 2.60. The van der Waals surface area contributed by atoms with Gasteiger partial charge in [0.25, 0.3) is 0 Å². The van der Waals surface area contributed by atoms with E-state index in [9.17, 15) is 0 Å². The van der Waals surface area contributed by atoms with Gasteiger partial charge in [-0.05, 0) is 6.26 Å². The average Bonchev–Trinajstić information content (AvgIpc) is 2.63. The molecule has 1 aromatic rings. The lowest BCUT2D eigenvalue weighted by atomic mass is 10.2. The Morgan fingerprint density at radius 3 is 3.00 bits per heavy atom. The predicted octanol–water partition coefficient (Wildman–Crippen LogP) is 1.14. The number of ether oxygens (including phenoxy) is 2. The topological polar surface area (TPSA) is 44.2 Å². The molecule has 0 N–H and O–H groups in total. The normalized spacial score (nSPS) is 13.7. The molecule has 0 bridgehead atoms. The average molecular weight is 198 g/mol. The van der Waals surface area contributed by atoms with Crippen LogP contribution in [0.4, 0.5) is 0 Å². The van der Waals surface area contributed by atoms with E-state index in [1.165, 1.54) is 11.8 Å². The number of fused-ring (bicyclic) bond motifs is 1. The van der Waals surface area contributed by atoms with Crippen LogP contribution in [-0.2, 0) is 6.42 Å². The Labute approximate surface area is 80.7 Å². The molecule has 0 aromatic carbocycles. The van der Waals surface area contributed by atoms with Gasteiger partial charge in [-0.2, -0.15) is 9.97 Å². The number of nitrogens with zero attached hydrogens (tertiary/aromatic N) is 2. The summed E-state index contributed by atoms with van der Waals surface area (Å²) >= 11 is 1.48. The molecule has 0 unspecified atom stereocenters. The number of thioether (sulfide) groups is 1. The van der Waals surface area contributed by atoms with E-state index in [1.54, 1.807) is 7.11 Å². The van der Waals surface area contributed by atoms with Crippen LogP contribution in [0.1, 0.15) is 5.56 Å². The zero-order valence-electron chi connectivity index (χ0n) is 7.53. The third-order valence-electron chi connectivity index (χ3n) is 1.88. The summed E-state index contributed by atoms with van der Waals surface area (Å²) in [6.45, 7) is 0.679. The number of methoxy groups -OCH3 is 1. The van der Waals surface area contributed by atoms with Crippen molar-refractivity contribution in [3.05, 3.63) is 5.56 Å². The van der Waals surface area contributed by atoms with Crippen LogP contribution in [0.15, 0.2) is 5.16 Å². The SMILES string of the molecule is COc1nc(SC)nc2c1CCO2. The van der Waals surface area contributed by atoms with Crippen molar-refractivity contribution in [2.45, 2.75) is 11.6 Å². The van der Waals surface area contributed by atoms with Crippen LogP contribution in [0.25, 0.3) is 0 Å². The second-order valence-corrected chi connectivity index (χ2v) is 3.38. The first-order valence-electron chi connectivity index (χ1n) is 3.97. The highest BCUT2D eigenvalue weighted by atomic mass is 32.2. The molecule has 2 heterocycles. The smallest absolute Gasteiger partial charge is 0.224 e. The summed E-state index contributed by atoms with van der Waals surface area (Å²) in [6.07, 6.45) is 2.77. The van der Waals surface area contributed by atoms with Gasteiger partial charge in [0.1, 0.15) is 0 Å². The summed E-state index contributed by atoms with van der Waals surface area (Å²) in [5, 5.41) is 0.692. The van der Waals surface area contributed by atoms with E-state index in [0.717, 1.165) is 12.0 Å². The predicted molar refractivity (Wildman–Crippen MR) is 49.6 cm³/mol. The molecule has 70 valence electrons. The number of hydrogen-bond acceptors (Lipinski definition) is 5. The summed E-state index contributed by atoms with van der Waals surface area (Å²) in [6, 6.07) is 0. The zero-order chi connectivity index (χ0) is 9.26. The lowest BCUT2D eigenvalue weighted by molar-refractivity contribution is 0.340. The van der Waals surface area contributed by atoms with Gasteiger partial charge < -0.3 is 9.47 Å². The molecule has 4 nitrogen and oxygen atoms in total. The minimum absolute atomic E-state index is 0.645. The van der Waals surface area contributed by atoms with Crippen LogP contribution >= 0.6 is 11.8 Å². The highest BCUT2D eigenvalue weighted by Gasteiger charge is 2.21. The van der Waals surface area contributed by atoms with E-state index in [4.69, 9.17) is 9.47 Å². The van der Waals surface area contributed by atoms with Gasteiger partial charge in [-0.3, -0.25) is 0 Å². The van der Waals surface area contributed by atoms with E-state index in [1.807, 2.05) is 6.26 Å². The van der Waals surface area contributed by atoms with Crippen molar-refractivity contribution >= 4 is 11.8 Å². The Kier molecular flexibility index (Phi) is 2.26. The van der Waals surface area contributed by atoms with Gasteiger partial charge in [-0.15, -0.1) is 0 Å². The molecule has 1 aliphatic rings. The minimum atomic E-state index is 0.645. The largest absolute Gasteiger partial charge is 0.481 e. The van der Waals surface area contributed by atoms with Crippen LogP contribution in [0.2, 0.25) is 0 Å². The molecule has 0 saturated heterocycles. The Bertz CT molecular complexity index is 330. The van der Waals surface area contributed by atoms with Crippen molar-refractivity contribution in [1.82, 2.24) is 9.97 Å². The lowest BCUT2D eigenvalue weighted by Crippen LogP contribution is -1.96. The van der Waals surface area contributed by atoms with Crippen LogP contribution in [-0.4, -0.2) is 29.9 Å². The quantitative estimate of drug-likeness (QED) is 0.526. The Balaban J connectivity index is 2.49. The fourth-order valence-electron chi connectivity index (χ4n) is 1.27. The highest BCUT2D eigenvalue weighted by molar-refractivity contribution is 7.98. The third-order valence-corrected chi connectivity index (χ3v) is 2.43. The van der Waals surface area contributed by atoms with Gasteiger partial charge in [0, 0.05) is 6.42 Å². The van der Waals surface area contributed by atoms with Crippen molar-refractivity contribution in [2.75, 3.05) is 20.0 Å². The highest BCUT2D eigenvalue weighted by Crippen LogP contribution is 2.31. The standard InChI is InChI=1S/C8H10N2O2S/c1-11-6-5-3-4-12-7(5)10-8(9-6)13-2/h3-4H2,1-2H3. The van der Waals surface area contributed by atoms with Crippen molar-refractivity contribution < 1.29 is 9.47 Å². The fourth-order valence-corrected chi connectivity index (χ4v) is 1.62. The van der Waals surface area contributed by atoms with Gasteiger partial charge >= 0.3 is 0 Å². The van der Waals surface area contributed by atoms with Gasteiger partial charge in [-0.1, -0.05) is 11.8 Å². The van der Waals surface area contributed by atoms with E-state index < -0.39 is 0 Å². The third kappa shape index (κ3) is 1.44. The first-order chi connectivity index (χ1) is 6.35. The molecule has 0 saturated carbocycles. The molecule has 0 radical (unpaired) electrons. The van der Waals surface area contributed by atoms with Crippen LogP contribution in [0.3, 0.4) is 0 Å². The number of hydrogen-bond donors (Lipinski definition) is 0. The first kappa shape index (κ1) is 8.62. The molecule has 0 aliphatic carbocycles. The molecule has 5 heteroatoms. The molecule has 0 fully saturated rings. The van der Waals surface area contributed by atoms with Gasteiger partial charge in [0.05, 0.1) is 19.3 Å².